The molecule has 0 radical (unpaired) electrons. The van der Waals surface area contributed by atoms with Gasteiger partial charge in [0.15, 0.2) is 17.3 Å². The predicted molar refractivity (Wildman–Crippen MR) is 143 cm³/mol. The van der Waals surface area contributed by atoms with E-state index in [1.807, 2.05) is 0 Å². The molecule has 0 spiro atoms. The Kier molecular flexibility index (Phi) is 8.97. The first kappa shape index (κ1) is 32.4. The fourth-order valence-corrected chi connectivity index (χ4v) is 4.98. The van der Waals surface area contributed by atoms with Gasteiger partial charge in [0, 0.05) is 17.7 Å². The Balaban J connectivity index is 1.59. The molecule has 246 valence electrons. The minimum absolute atomic E-state index is 0.326. The van der Waals surface area contributed by atoms with Crippen LogP contribution < -0.4 is 14.9 Å². The first-order valence-electron chi connectivity index (χ1n) is 13.3. The van der Waals surface area contributed by atoms with Gasteiger partial charge < -0.3 is 84.6 Å². The number of hydrogen-bond acceptors (Lipinski definition) is 18. The highest BCUT2D eigenvalue weighted by Crippen LogP contribution is 2.44. The van der Waals surface area contributed by atoms with Crippen LogP contribution in [0.5, 0.6) is 34.5 Å². The van der Waals surface area contributed by atoms with Crippen LogP contribution in [0, 0.1) is 0 Å². The highest BCUT2D eigenvalue weighted by Gasteiger charge is 2.46. The topological polar surface area (TPSA) is 310 Å². The maximum Gasteiger partial charge on any atom is 0.239 e. The lowest BCUT2D eigenvalue weighted by molar-refractivity contribution is -0.277. The Morgan fingerprint density at radius 3 is 1.60 bits per heavy atom. The zero-order valence-electron chi connectivity index (χ0n) is 22.8. The second-order valence-electron chi connectivity index (χ2n) is 10.4. The monoisotopic (exact) mass is 642 g/mol. The summed E-state index contributed by atoms with van der Waals surface area (Å²) < 4.78 is 27.1. The van der Waals surface area contributed by atoms with Crippen molar-refractivity contribution in [3.8, 4) is 45.8 Å². The number of phenolic OH excluding ortho intramolecular Hbond substituents is 4. The van der Waals surface area contributed by atoms with Gasteiger partial charge in [-0.25, -0.2) is 0 Å². The lowest BCUT2D eigenvalue weighted by atomic mass is 9.99. The summed E-state index contributed by atoms with van der Waals surface area (Å²) in [4.78, 5) is 13.6. The van der Waals surface area contributed by atoms with Gasteiger partial charge in [0.25, 0.3) is 0 Å². The molecule has 2 aliphatic heterocycles. The molecule has 6 unspecified atom stereocenters. The van der Waals surface area contributed by atoms with Gasteiger partial charge in [-0.1, -0.05) is 0 Å². The molecule has 0 amide bonds. The average Bonchev–Trinajstić information content (AvgIpc) is 2.99. The van der Waals surface area contributed by atoms with Gasteiger partial charge in [-0.2, -0.15) is 0 Å². The molecule has 5 rings (SSSR count). The molecular weight excluding hydrogens is 612 g/mol. The molecule has 2 saturated heterocycles. The van der Waals surface area contributed by atoms with Crippen LogP contribution in [0.1, 0.15) is 0 Å². The van der Waals surface area contributed by atoms with Crippen molar-refractivity contribution in [2.24, 2.45) is 0 Å². The van der Waals surface area contributed by atoms with E-state index in [9.17, 15) is 66.1 Å². The lowest BCUT2D eigenvalue weighted by Gasteiger charge is -2.39. The van der Waals surface area contributed by atoms with Crippen molar-refractivity contribution in [3.05, 3.63) is 34.5 Å². The first-order chi connectivity index (χ1) is 21.3. The normalized spacial score (nSPS) is 32.0. The largest absolute Gasteiger partial charge is 0.508 e. The third-order valence-corrected chi connectivity index (χ3v) is 7.39. The zero-order valence-corrected chi connectivity index (χ0v) is 22.8. The molecule has 0 aliphatic carbocycles. The van der Waals surface area contributed by atoms with E-state index in [0.29, 0.717) is 0 Å². The van der Waals surface area contributed by atoms with Gasteiger partial charge in [0.2, 0.25) is 29.5 Å². The van der Waals surface area contributed by atoms with E-state index in [4.69, 9.17) is 23.4 Å². The Morgan fingerprint density at radius 2 is 1.11 bits per heavy atom. The number of aromatic hydroxyl groups is 4. The standard InChI is InChI=1S/C27H30O18/c28-5-13-16(34)19(37)21(39)26(42-13)44-24-10(32)1-7(2-11(24)33)23-25(18(36)15-9(31)3-8(30)4-12(15)41-23)45-27-22(40)20(38)17(35)14(6-29)43-27/h1-4,13-14,16-17,19-22,26-35,37-40H,5-6H2/t13?,14?,16-,17-,19?,20?,21?,22?,26+,27+/m1/s1. The van der Waals surface area contributed by atoms with Crippen molar-refractivity contribution < 1.29 is 84.6 Å². The summed E-state index contributed by atoms with van der Waals surface area (Å²) in [6.07, 6.45) is -17.7. The van der Waals surface area contributed by atoms with Gasteiger partial charge in [-0.15, -0.1) is 0 Å². The Morgan fingerprint density at radius 1 is 0.622 bits per heavy atom. The highest BCUT2D eigenvalue weighted by molar-refractivity contribution is 5.88. The minimum Gasteiger partial charge on any atom is -0.508 e. The fourth-order valence-electron chi connectivity index (χ4n) is 4.98. The third-order valence-electron chi connectivity index (χ3n) is 7.39. The second-order valence-corrected chi connectivity index (χ2v) is 10.4. The molecule has 18 heteroatoms. The number of rotatable bonds is 7. The summed E-state index contributed by atoms with van der Waals surface area (Å²) in [5, 5.41) is 121. The summed E-state index contributed by atoms with van der Waals surface area (Å²) >= 11 is 0. The molecule has 1 aromatic heterocycles. The van der Waals surface area contributed by atoms with E-state index < -0.39 is 131 Å². The van der Waals surface area contributed by atoms with Crippen LogP contribution in [0.4, 0.5) is 0 Å². The van der Waals surface area contributed by atoms with Crippen LogP contribution in [0.15, 0.2) is 33.5 Å². The van der Waals surface area contributed by atoms with E-state index in [1.54, 1.807) is 0 Å². The molecule has 10 atom stereocenters. The van der Waals surface area contributed by atoms with Crippen LogP contribution in [-0.2, 0) is 9.47 Å². The Hall–Kier alpha value is -3.95. The van der Waals surface area contributed by atoms with Gasteiger partial charge in [0.05, 0.1) is 13.2 Å². The molecule has 0 bridgehead atoms. The van der Waals surface area contributed by atoms with Crippen molar-refractivity contribution in [3.63, 3.8) is 0 Å². The van der Waals surface area contributed by atoms with E-state index in [1.165, 1.54) is 0 Å². The van der Waals surface area contributed by atoms with Crippen molar-refractivity contribution in [2.75, 3.05) is 13.2 Å². The van der Waals surface area contributed by atoms with Crippen molar-refractivity contribution >= 4 is 11.0 Å². The van der Waals surface area contributed by atoms with E-state index in [0.717, 1.165) is 24.3 Å². The van der Waals surface area contributed by atoms with Gasteiger partial charge >= 0.3 is 0 Å². The third kappa shape index (κ3) is 5.79. The number of aliphatic hydroxyl groups excluding tert-OH is 8. The first-order valence-corrected chi connectivity index (χ1v) is 13.3. The number of ether oxygens (including phenoxy) is 4. The summed E-state index contributed by atoms with van der Waals surface area (Å²) in [6.45, 7) is -1.62. The van der Waals surface area contributed by atoms with Gasteiger partial charge in [-0.3, -0.25) is 4.79 Å². The fraction of sp³-hybridized carbons (Fsp3) is 0.444. The molecule has 18 nitrogen and oxygen atoms in total. The van der Waals surface area contributed by atoms with Crippen molar-refractivity contribution in [2.45, 2.75) is 61.4 Å². The molecule has 2 aromatic carbocycles. The molecule has 3 aromatic rings. The van der Waals surface area contributed by atoms with Gasteiger partial charge in [-0.05, 0) is 12.1 Å². The molecule has 2 aliphatic rings. The van der Waals surface area contributed by atoms with E-state index in [-0.39, 0.29) is 5.56 Å². The summed E-state index contributed by atoms with van der Waals surface area (Å²) in [5.74, 6) is -5.17. The maximum absolute atomic E-state index is 13.6. The average molecular weight is 643 g/mol. The highest BCUT2D eigenvalue weighted by atomic mass is 16.7. The van der Waals surface area contributed by atoms with Crippen molar-refractivity contribution in [1.82, 2.24) is 0 Å². The number of aliphatic hydroxyl groups is 8. The number of hydrogen-bond donors (Lipinski definition) is 12. The number of benzene rings is 2. The molecular formula is C27H30O18. The Bertz CT molecular complexity index is 1580. The van der Waals surface area contributed by atoms with Crippen LogP contribution in [0.2, 0.25) is 0 Å². The molecule has 3 heterocycles. The quantitative estimate of drug-likeness (QED) is 0.120. The molecule has 0 saturated carbocycles. The van der Waals surface area contributed by atoms with E-state index in [2.05, 4.69) is 0 Å². The lowest BCUT2D eigenvalue weighted by Crippen LogP contribution is -2.60. The molecule has 2 fully saturated rings. The van der Waals surface area contributed by atoms with Crippen LogP contribution in [-0.4, -0.2) is 136 Å². The smallest absolute Gasteiger partial charge is 0.239 e. The molecule has 12 N–H and O–H groups in total. The number of phenols is 4. The van der Waals surface area contributed by atoms with E-state index >= 15 is 0 Å². The van der Waals surface area contributed by atoms with Crippen LogP contribution in [0.25, 0.3) is 22.3 Å². The minimum atomic E-state index is -1.99. The predicted octanol–water partition coefficient (Wildman–Crippen LogP) is -3.36. The van der Waals surface area contributed by atoms with Crippen LogP contribution >= 0.6 is 0 Å². The second kappa shape index (κ2) is 12.4. The molecule has 45 heavy (non-hydrogen) atoms. The summed E-state index contributed by atoms with van der Waals surface area (Å²) in [5.41, 5.74) is -1.86. The van der Waals surface area contributed by atoms with Crippen molar-refractivity contribution in [1.29, 1.82) is 0 Å². The number of fused-ring (bicyclic) bond motifs is 1. The SMILES string of the molecule is O=c1c(O[C@@H]2OC(CO)[C@@H](O)C(O)C2O)c(-c2cc(O)c(O[C@@H]3OC(CO)[C@@H](O)C(O)C3O)c(O)c2)oc2cc(O)cc(O)c12. The summed E-state index contributed by atoms with van der Waals surface area (Å²) in [7, 11) is 0. The zero-order chi connectivity index (χ0) is 32.9. The van der Waals surface area contributed by atoms with Crippen LogP contribution in [0.3, 0.4) is 0 Å². The van der Waals surface area contributed by atoms with Gasteiger partial charge in [0.1, 0.15) is 71.3 Å². The summed E-state index contributed by atoms with van der Waals surface area (Å²) in [6, 6.07) is 3.51. The maximum atomic E-state index is 13.6. The Labute approximate surface area is 250 Å².